The lowest BCUT2D eigenvalue weighted by atomic mass is 10.1. The van der Waals surface area contributed by atoms with E-state index in [9.17, 15) is 9.59 Å². The minimum atomic E-state index is -0.214. The molecule has 0 aromatic carbocycles. The number of ether oxygens (including phenoxy) is 1. The fourth-order valence-corrected chi connectivity index (χ4v) is 4.30. The molecule has 0 aromatic rings. The number of rotatable bonds is 26. The number of unbranched alkanes of at least 4 members (excludes halogenated alkanes) is 18. The van der Waals surface area contributed by atoms with Gasteiger partial charge in [0.25, 0.3) is 0 Å². The zero-order valence-corrected chi connectivity index (χ0v) is 23.2. The molecule has 34 heavy (non-hydrogen) atoms. The van der Waals surface area contributed by atoms with Crippen molar-refractivity contribution in [3.8, 4) is 0 Å². The normalized spacial score (nSPS) is 11.0. The largest absolute Gasteiger partial charge is 0.380 e. The van der Waals surface area contributed by atoms with Crippen LogP contribution in [0.15, 0.2) is 0 Å². The number of carbonyl (C=O) groups excluding carboxylic acids is 2. The maximum absolute atomic E-state index is 12.5. The summed E-state index contributed by atoms with van der Waals surface area (Å²) in [6, 6.07) is -0.214. The van der Waals surface area contributed by atoms with Crippen molar-refractivity contribution in [3.05, 3.63) is 0 Å². The Morgan fingerprint density at radius 3 is 1.44 bits per heavy atom. The molecule has 5 heteroatoms. The van der Waals surface area contributed by atoms with Crippen LogP contribution in [-0.4, -0.2) is 55.6 Å². The van der Waals surface area contributed by atoms with Crippen molar-refractivity contribution < 1.29 is 14.3 Å². The molecular formula is C29H58N2O3. The second kappa shape index (κ2) is 26.5. The summed E-state index contributed by atoms with van der Waals surface area (Å²) in [5.41, 5.74) is 0. The molecule has 0 spiro atoms. The van der Waals surface area contributed by atoms with Crippen molar-refractivity contribution >= 4 is 12.4 Å². The lowest BCUT2D eigenvalue weighted by Gasteiger charge is -2.23. The summed E-state index contributed by atoms with van der Waals surface area (Å²) in [5, 5.41) is 0. The third-order valence-corrected chi connectivity index (χ3v) is 6.67. The van der Waals surface area contributed by atoms with E-state index in [1.54, 1.807) is 11.9 Å². The van der Waals surface area contributed by atoms with Gasteiger partial charge in [-0.2, -0.15) is 0 Å². The van der Waals surface area contributed by atoms with Crippen LogP contribution in [0.5, 0.6) is 0 Å². The molecule has 0 saturated carbocycles. The van der Waals surface area contributed by atoms with Crippen LogP contribution >= 0.6 is 0 Å². The number of carbonyl (C=O) groups is 2. The van der Waals surface area contributed by atoms with Gasteiger partial charge in [0, 0.05) is 20.2 Å². The SMILES string of the molecule is CCCCCCCCCCCCOCCN(C=O)C(=O)N(C)CCCCCCCCCCCC. The van der Waals surface area contributed by atoms with E-state index in [4.69, 9.17) is 4.74 Å². The molecule has 0 rings (SSSR count). The van der Waals surface area contributed by atoms with Gasteiger partial charge in [0.05, 0.1) is 13.2 Å². The Morgan fingerprint density at radius 1 is 0.588 bits per heavy atom. The van der Waals surface area contributed by atoms with Gasteiger partial charge in [-0.3, -0.25) is 9.69 Å². The highest BCUT2D eigenvalue weighted by atomic mass is 16.5. The number of imide groups is 1. The van der Waals surface area contributed by atoms with Gasteiger partial charge in [-0.1, -0.05) is 129 Å². The second-order valence-corrected chi connectivity index (χ2v) is 9.98. The molecular weight excluding hydrogens is 424 g/mol. The van der Waals surface area contributed by atoms with E-state index >= 15 is 0 Å². The Hall–Kier alpha value is -1.10. The molecule has 0 bridgehead atoms. The summed E-state index contributed by atoms with van der Waals surface area (Å²) in [7, 11) is 1.79. The van der Waals surface area contributed by atoms with Crippen LogP contribution in [0.25, 0.3) is 0 Å². The number of hydrogen-bond donors (Lipinski definition) is 0. The quantitative estimate of drug-likeness (QED) is 0.0919. The van der Waals surface area contributed by atoms with Gasteiger partial charge < -0.3 is 9.64 Å². The molecule has 0 atom stereocenters. The maximum Gasteiger partial charge on any atom is 0.326 e. The highest BCUT2D eigenvalue weighted by Crippen LogP contribution is 2.12. The fraction of sp³-hybridized carbons (Fsp3) is 0.931. The van der Waals surface area contributed by atoms with E-state index in [-0.39, 0.29) is 6.03 Å². The van der Waals surface area contributed by atoms with Gasteiger partial charge in [0.2, 0.25) is 6.41 Å². The fourth-order valence-electron chi connectivity index (χ4n) is 4.30. The summed E-state index contributed by atoms with van der Waals surface area (Å²) < 4.78 is 5.66. The molecule has 5 nitrogen and oxygen atoms in total. The van der Waals surface area contributed by atoms with Crippen LogP contribution in [0.2, 0.25) is 0 Å². The minimum absolute atomic E-state index is 0.214. The summed E-state index contributed by atoms with van der Waals surface area (Å²) in [6.45, 7) is 6.69. The first-order valence-electron chi connectivity index (χ1n) is 14.7. The van der Waals surface area contributed by atoms with Crippen LogP contribution in [0.4, 0.5) is 4.79 Å². The first kappa shape index (κ1) is 32.9. The predicted molar refractivity (Wildman–Crippen MR) is 145 cm³/mol. The number of urea groups is 1. The number of nitrogens with zero attached hydrogens (tertiary/aromatic N) is 2. The molecule has 0 radical (unpaired) electrons. The topological polar surface area (TPSA) is 49.9 Å². The first-order chi connectivity index (χ1) is 16.7. The first-order valence-corrected chi connectivity index (χ1v) is 14.7. The smallest absolute Gasteiger partial charge is 0.326 e. The molecule has 0 saturated heterocycles. The molecule has 3 amide bonds. The zero-order chi connectivity index (χ0) is 25.1. The van der Waals surface area contributed by atoms with Gasteiger partial charge in [-0.15, -0.1) is 0 Å². The van der Waals surface area contributed by atoms with E-state index < -0.39 is 0 Å². The number of amides is 3. The van der Waals surface area contributed by atoms with Crippen molar-refractivity contribution in [2.24, 2.45) is 0 Å². The van der Waals surface area contributed by atoms with E-state index in [0.29, 0.717) is 32.7 Å². The van der Waals surface area contributed by atoms with E-state index in [2.05, 4.69) is 13.8 Å². The second-order valence-electron chi connectivity index (χ2n) is 9.98. The third-order valence-electron chi connectivity index (χ3n) is 6.67. The van der Waals surface area contributed by atoms with Crippen LogP contribution < -0.4 is 0 Å². The van der Waals surface area contributed by atoms with Gasteiger partial charge in [-0.25, -0.2) is 4.79 Å². The molecule has 202 valence electrons. The monoisotopic (exact) mass is 482 g/mol. The predicted octanol–water partition coefficient (Wildman–Crippen LogP) is 8.36. The van der Waals surface area contributed by atoms with Crippen LogP contribution in [0.1, 0.15) is 142 Å². The Labute approximate surface area is 212 Å². The molecule has 0 aromatic heterocycles. The molecule has 0 aliphatic carbocycles. The Bertz CT molecular complexity index is 445. The summed E-state index contributed by atoms with van der Waals surface area (Å²) in [5.74, 6) is 0. The molecule has 0 unspecified atom stereocenters. The van der Waals surface area contributed by atoms with Gasteiger partial charge in [-0.05, 0) is 12.8 Å². The van der Waals surface area contributed by atoms with Gasteiger partial charge >= 0.3 is 6.03 Å². The third kappa shape index (κ3) is 21.4. The standard InChI is InChI=1S/C29H58N2O3/c1-4-6-8-10-12-14-16-18-20-22-24-30(3)29(33)31(28-32)25-27-34-26-23-21-19-17-15-13-11-9-7-5-2/h28H,4-27H2,1-3H3. The Kier molecular flexibility index (Phi) is 25.6. The van der Waals surface area contributed by atoms with Crippen molar-refractivity contribution in [2.45, 2.75) is 142 Å². The van der Waals surface area contributed by atoms with Crippen molar-refractivity contribution in [1.82, 2.24) is 9.80 Å². The highest BCUT2D eigenvalue weighted by Gasteiger charge is 2.16. The summed E-state index contributed by atoms with van der Waals surface area (Å²) >= 11 is 0. The Balaban J connectivity index is 3.60. The van der Waals surface area contributed by atoms with Crippen LogP contribution in [-0.2, 0) is 9.53 Å². The van der Waals surface area contributed by atoms with Gasteiger partial charge in [0.1, 0.15) is 0 Å². The maximum atomic E-state index is 12.5. The van der Waals surface area contributed by atoms with E-state index in [1.165, 1.54) is 114 Å². The van der Waals surface area contributed by atoms with E-state index in [1.807, 2.05) is 0 Å². The average molecular weight is 483 g/mol. The van der Waals surface area contributed by atoms with Crippen LogP contribution in [0.3, 0.4) is 0 Å². The van der Waals surface area contributed by atoms with Crippen molar-refractivity contribution in [1.29, 1.82) is 0 Å². The molecule has 0 N–H and O–H groups in total. The van der Waals surface area contributed by atoms with Crippen molar-refractivity contribution in [2.75, 3.05) is 33.4 Å². The molecule has 0 aliphatic rings. The zero-order valence-electron chi connectivity index (χ0n) is 23.2. The molecule has 0 aliphatic heterocycles. The lowest BCUT2D eigenvalue weighted by molar-refractivity contribution is -0.116. The minimum Gasteiger partial charge on any atom is -0.380 e. The number of hydrogen-bond acceptors (Lipinski definition) is 3. The van der Waals surface area contributed by atoms with Gasteiger partial charge in [0.15, 0.2) is 0 Å². The Morgan fingerprint density at radius 2 is 1.00 bits per heavy atom. The van der Waals surface area contributed by atoms with E-state index in [0.717, 1.165) is 19.3 Å². The highest BCUT2D eigenvalue weighted by molar-refractivity contribution is 5.84. The van der Waals surface area contributed by atoms with Crippen molar-refractivity contribution in [3.63, 3.8) is 0 Å². The summed E-state index contributed by atoms with van der Waals surface area (Å²) in [4.78, 5) is 26.8. The molecule has 0 heterocycles. The lowest BCUT2D eigenvalue weighted by Crippen LogP contribution is -2.42. The molecule has 0 fully saturated rings. The summed E-state index contributed by atoms with van der Waals surface area (Å²) in [6.07, 6.45) is 26.5. The average Bonchev–Trinajstić information content (AvgIpc) is 2.85. The van der Waals surface area contributed by atoms with Crippen LogP contribution in [0, 0.1) is 0 Å².